The number of imidazole rings is 1. The Labute approximate surface area is 76.4 Å². The van der Waals surface area contributed by atoms with E-state index in [1.165, 1.54) is 0 Å². The van der Waals surface area contributed by atoms with Crippen molar-refractivity contribution in [1.82, 2.24) is 9.55 Å². The van der Waals surface area contributed by atoms with Gasteiger partial charge in [-0.15, -0.1) is 0 Å². The smallest absolute Gasteiger partial charge is 0.177 e. The summed E-state index contributed by atoms with van der Waals surface area (Å²) in [6, 6.07) is 0.550. The van der Waals surface area contributed by atoms with Crippen molar-refractivity contribution in [3.63, 3.8) is 0 Å². The predicted molar refractivity (Wildman–Crippen MR) is 48.7 cm³/mol. The molecule has 0 spiro atoms. The molecule has 0 atom stereocenters. The summed E-state index contributed by atoms with van der Waals surface area (Å²) in [5.41, 5.74) is 0. The van der Waals surface area contributed by atoms with Gasteiger partial charge in [-0.25, -0.2) is 0 Å². The van der Waals surface area contributed by atoms with E-state index in [-0.39, 0.29) is 0 Å². The quantitative estimate of drug-likeness (QED) is 0.711. The maximum Gasteiger partial charge on any atom is 0.177 e. The van der Waals surface area contributed by atoms with Crippen LogP contribution in [0.1, 0.15) is 18.9 Å². The average molecular weight is 184 g/mol. The van der Waals surface area contributed by atoms with Gasteiger partial charge in [-0.3, -0.25) is 0 Å². The van der Waals surface area contributed by atoms with Crippen LogP contribution in [0.3, 0.4) is 0 Å². The highest BCUT2D eigenvalue weighted by Gasteiger charge is 2.30. The SMILES string of the molecule is COC1CC(n2cc[nH]c2=S)C1. The minimum absolute atomic E-state index is 0.437. The van der Waals surface area contributed by atoms with Gasteiger partial charge < -0.3 is 14.3 Å². The van der Waals surface area contributed by atoms with Gasteiger partial charge in [-0.05, 0) is 25.1 Å². The van der Waals surface area contributed by atoms with E-state index in [1.54, 1.807) is 7.11 Å². The molecule has 66 valence electrons. The number of aromatic nitrogens is 2. The third kappa shape index (κ3) is 1.21. The fraction of sp³-hybridized carbons (Fsp3) is 0.625. The van der Waals surface area contributed by atoms with Crippen LogP contribution in [-0.4, -0.2) is 22.8 Å². The fourth-order valence-corrected chi connectivity index (χ4v) is 1.85. The molecule has 0 unspecified atom stereocenters. The molecule has 2 rings (SSSR count). The molecule has 1 fully saturated rings. The Kier molecular flexibility index (Phi) is 2.02. The first-order valence-electron chi connectivity index (χ1n) is 4.09. The van der Waals surface area contributed by atoms with Gasteiger partial charge >= 0.3 is 0 Å². The maximum absolute atomic E-state index is 5.20. The Bertz CT molecular complexity index is 311. The Morgan fingerprint density at radius 3 is 2.92 bits per heavy atom. The molecule has 1 N–H and O–H groups in total. The molecule has 0 saturated heterocycles. The maximum atomic E-state index is 5.20. The van der Waals surface area contributed by atoms with Crippen molar-refractivity contribution < 1.29 is 4.74 Å². The van der Waals surface area contributed by atoms with Crippen molar-refractivity contribution in [3.05, 3.63) is 17.2 Å². The van der Waals surface area contributed by atoms with Gasteiger partial charge in [0, 0.05) is 25.5 Å². The molecule has 12 heavy (non-hydrogen) atoms. The van der Waals surface area contributed by atoms with Crippen LogP contribution in [0.2, 0.25) is 0 Å². The Morgan fingerprint density at radius 1 is 1.67 bits per heavy atom. The summed E-state index contributed by atoms with van der Waals surface area (Å²) in [7, 11) is 1.76. The summed E-state index contributed by atoms with van der Waals surface area (Å²) in [4.78, 5) is 2.99. The lowest BCUT2D eigenvalue weighted by atomic mass is 9.89. The molecule has 1 heterocycles. The molecule has 1 aliphatic rings. The Balaban J connectivity index is 2.06. The molecule has 1 aliphatic carbocycles. The highest BCUT2D eigenvalue weighted by molar-refractivity contribution is 7.71. The molecule has 0 amide bonds. The van der Waals surface area contributed by atoms with Crippen molar-refractivity contribution in [2.75, 3.05) is 7.11 Å². The highest BCUT2D eigenvalue weighted by Crippen LogP contribution is 2.33. The number of aromatic amines is 1. The lowest BCUT2D eigenvalue weighted by Crippen LogP contribution is -2.32. The third-order valence-corrected chi connectivity index (χ3v) is 2.80. The van der Waals surface area contributed by atoms with E-state index in [4.69, 9.17) is 17.0 Å². The molecule has 0 aromatic carbocycles. The summed E-state index contributed by atoms with van der Waals surface area (Å²) < 4.78 is 8.11. The van der Waals surface area contributed by atoms with E-state index in [0.29, 0.717) is 12.1 Å². The van der Waals surface area contributed by atoms with Crippen LogP contribution in [0.5, 0.6) is 0 Å². The summed E-state index contributed by atoms with van der Waals surface area (Å²) in [5, 5.41) is 0. The van der Waals surface area contributed by atoms with Crippen LogP contribution < -0.4 is 0 Å². The number of ether oxygens (including phenoxy) is 1. The van der Waals surface area contributed by atoms with Gasteiger partial charge in [0.05, 0.1) is 6.10 Å². The zero-order valence-electron chi connectivity index (χ0n) is 6.99. The van der Waals surface area contributed by atoms with E-state index in [2.05, 4.69) is 9.55 Å². The molecular weight excluding hydrogens is 172 g/mol. The topological polar surface area (TPSA) is 29.9 Å². The van der Waals surface area contributed by atoms with Gasteiger partial charge in [-0.2, -0.15) is 0 Å². The van der Waals surface area contributed by atoms with Crippen LogP contribution in [0, 0.1) is 4.77 Å². The van der Waals surface area contributed by atoms with Gasteiger partial charge in [0.1, 0.15) is 0 Å². The molecule has 0 bridgehead atoms. The zero-order valence-corrected chi connectivity index (χ0v) is 7.80. The number of hydrogen-bond donors (Lipinski definition) is 1. The second-order valence-electron chi connectivity index (χ2n) is 3.16. The molecule has 0 aliphatic heterocycles. The monoisotopic (exact) mass is 184 g/mol. The minimum Gasteiger partial charge on any atom is -0.381 e. The fourth-order valence-electron chi connectivity index (χ4n) is 1.58. The van der Waals surface area contributed by atoms with Crippen molar-refractivity contribution in [3.8, 4) is 0 Å². The number of nitrogens with one attached hydrogen (secondary N) is 1. The van der Waals surface area contributed by atoms with E-state index in [0.717, 1.165) is 17.6 Å². The van der Waals surface area contributed by atoms with Crippen molar-refractivity contribution in [2.24, 2.45) is 0 Å². The van der Waals surface area contributed by atoms with Crippen LogP contribution in [-0.2, 0) is 4.74 Å². The largest absolute Gasteiger partial charge is 0.381 e. The normalized spacial score (nSPS) is 28.4. The van der Waals surface area contributed by atoms with Crippen LogP contribution in [0.15, 0.2) is 12.4 Å². The van der Waals surface area contributed by atoms with Crippen molar-refractivity contribution >= 4 is 12.2 Å². The first-order valence-corrected chi connectivity index (χ1v) is 4.50. The summed E-state index contributed by atoms with van der Waals surface area (Å²) in [6.07, 6.45) is 6.49. The van der Waals surface area contributed by atoms with Gasteiger partial charge in [-0.1, -0.05) is 0 Å². The highest BCUT2D eigenvalue weighted by atomic mass is 32.1. The van der Waals surface area contributed by atoms with Crippen LogP contribution in [0.4, 0.5) is 0 Å². The molecular formula is C8H12N2OS. The standard InChI is InChI=1S/C8H12N2OS/c1-11-7-4-6(5-7)10-3-2-9-8(10)12/h2-3,6-7H,4-5H2,1H3,(H,9,12). The summed E-state index contributed by atoms with van der Waals surface area (Å²) in [5.74, 6) is 0. The molecule has 1 aromatic heterocycles. The first kappa shape index (κ1) is 8.01. The second-order valence-corrected chi connectivity index (χ2v) is 3.54. The lowest BCUT2D eigenvalue weighted by Gasteiger charge is -2.34. The first-order chi connectivity index (χ1) is 5.81. The van der Waals surface area contributed by atoms with Gasteiger partial charge in [0.15, 0.2) is 4.77 Å². The van der Waals surface area contributed by atoms with Crippen molar-refractivity contribution in [1.29, 1.82) is 0 Å². The minimum atomic E-state index is 0.437. The summed E-state index contributed by atoms with van der Waals surface area (Å²) >= 11 is 5.10. The average Bonchev–Trinajstić information content (AvgIpc) is 2.35. The molecule has 1 saturated carbocycles. The number of hydrogen-bond acceptors (Lipinski definition) is 2. The third-order valence-electron chi connectivity index (χ3n) is 2.47. The number of rotatable bonds is 2. The van der Waals surface area contributed by atoms with E-state index >= 15 is 0 Å². The Hall–Kier alpha value is -0.610. The molecule has 4 heteroatoms. The van der Waals surface area contributed by atoms with Gasteiger partial charge in [0.25, 0.3) is 0 Å². The van der Waals surface area contributed by atoms with E-state index in [9.17, 15) is 0 Å². The van der Waals surface area contributed by atoms with E-state index in [1.807, 2.05) is 12.4 Å². The Morgan fingerprint density at radius 2 is 2.42 bits per heavy atom. The molecule has 0 radical (unpaired) electrons. The van der Waals surface area contributed by atoms with Crippen LogP contribution >= 0.6 is 12.2 Å². The molecule has 1 aromatic rings. The van der Waals surface area contributed by atoms with E-state index < -0.39 is 0 Å². The van der Waals surface area contributed by atoms with Crippen LogP contribution in [0.25, 0.3) is 0 Å². The predicted octanol–water partition coefficient (Wildman–Crippen LogP) is 1.90. The second kappa shape index (κ2) is 3.03. The van der Waals surface area contributed by atoms with Gasteiger partial charge in [0.2, 0.25) is 0 Å². The number of nitrogens with zero attached hydrogens (tertiary/aromatic N) is 1. The molecule has 3 nitrogen and oxygen atoms in total. The van der Waals surface area contributed by atoms with Crippen molar-refractivity contribution in [2.45, 2.75) is 25.0 Å². The number of H-pyrrole nitrogens is 1. The number of methoxy groups -OCH3 is 1. The summed E-state index contributed by atoms with van der Waals surface area (Å²) in [6.45, 7) is 0. The zero-order chi connectivity index (χ0) is 8.55. The lowest BCUT2D eigenvalue weighted by molar-refractivity contribution is 0.00578.